The topological polar surface area (TPSA) is 12.4 Å². The summed E-state index contributed by atoms with van der Waals surface area (Å²) in [5, 5.41) is 2.28. The molecule has 0 aliphatic heterocycles. The summed E-state index contributed by atoms with van der Waals surface area (Å²) in [5.74, 6) is 0. The van der Waals surface area contributed by atoms with Crippen molar-refractivity contribution in [2.75, 3.05) is 6.54 Å². The van der Waals surface area contributed by atoms with Crippen LogP contribution in [0.3, 0.4) is 0 Å². The van der Waals surface area contributed by atoms with Crippen molar-refractivity contribution in [1.29, 1.82) is 0 Å². The van der Waals surface area contributed by atoms with Crippen LogP contribution in [0.5, 0.6) is 0 Å². The molecule has 0 atom stereocenters. The van der Waals surface area contributed by atoms with E-state index in [-0.39, 0.29) is 0 Å². The lowest BCUT2D eigenvalue weighted by atomic mass is 10.2. The second-order valence-electron chi connectivity index (χ2n) is 1.51. The molecule has 0 heterocycles. The van der Waals surface area contributed by atoms with Gasteiger partial charge in [0.1, 0.15) is 0 Å². The molecule has 0 amide bonds. The maximum absolute atomic E-state index is 4.36. The first-order chi connectivity index (χ1) is 3.81. The first kappa shape index (κ1) is 7.54. The number of rotatable bonds is 3. The number of isothiocyanates is 1. The van der Waals surface area contributed by atoms with Crippen molar-refractivity contribution >= 4 is 17.4 Å². The molecule has 0 fully saturated rings. The average molecular weight is 127 g/mol. The lowest BCUT2D eigenvalue weighted by molar-refractivity contribution is 1.02. The minimum Gasteiger partial charge on any atom is -0.228 e. The van der Waals surface area contributed by atoms with E-state index in [1.54, 1.807) is 0 Å². The first-order valence-electron chi connectivity index (χ1n) is 2.51. The maximum atomic E-state index is 4.36. The molecule has 0 spiro atoms. The summed E-state index contributed by atoms with van der Waals surface area (Å²) < 4.78 is 0. The predicted octanol–water partition coefficient (Wildman–Crippen LogP) is 2.06. The SMILES string of the molecule is C=C(CC)CN=C=S. The molecule has 0 aliphatic carbocycles. The number of thiocarbonyl (C=S) groups is 1. The Bertz CT molecular complexity index is 122. The highest BCUT2D eigenvalue weighted by Crippen LogP contribution is 1.94. The standard InChI is InChI=1S/C6H9NS/c1-3-6(2)4-7-5-8/h2-4H2,1H3. The van der Waals surface area contributed by atoms with Crippen LogP contribution in [-0.4, -0.2) is 11.7 Å². The maximum Gasteiger partial charge on any atom is 0.0700 e. The highest BCUT2D eigenvalue weighted by atomic mass is 32.1. The Hall–Kier alpha value is -0.460. The van der Waals surface area contributed by atoms with Crippen molar-refractivity contribution in [3.63, 3.8) is 0 Å². The van der Waals surface area contributed by atoms with Gasteiger partial charge in [-0.15, -0.1) is 0 Å². The number of hydrogen-bond donors (Lipinski definition) is 0. The first-order valence-corrected chi connectivity index (χ1v) is 2.92. The van der Waals surface area contributed by atoms with Gasteiger partial charge in [-0.05, 0) is 18.6 Å². The van der Waals surface area contributed by atoms with Crippen molar-refractivity contribution in [2.24, 2.45) is 4.99 Å². The van der Waals surface area contributed by atoms with Crippen molar-refractivity contribution < 1.29 is 0 Å². The van der Waals surface area contributed by atoms with E-state index < -0.39 is 0 Å². The van der Waals surface area contributed by atoms with E-state index in [4.69, 9.17) is 0 Å². The zero-order chi connectivity index (χ0) is 6.41. The van der Waals surface area contributed by atoms with Gasteiger partial charge in [0.05, 0.1) is 11.7 Å². The summed E-state index contributed by atoms with van der Waals surface area (Å²) in [6.45, 7) is 6.41. The van der Waals surface area contributed by atoms with Crippen LogP contribution in [0.2, 0.25) is 0 Å². The molecule has 0 bridgehead atoms. The fraction of sp³-hybridized carbons (Fsp3) is 0.500. The smallest absolute Gasteiger partial charge is 0.0700 e. The van der Waals surface area contributed by atoms with Crippen LogP contribution in [0, 0.1) is 0 Å². The average Bonchev–Trinajstić information content (AvgIpc) is 1.83. The number of hydrogen-bond acceptors (Lipinski definition) is 2. The molecule has 2 heteroatoms. The predicted molar refractivity (Wildman–Crippen MR) is 39.3 cm³/mol. The molecule has 8 heavy (non-hydrogen) atoms. The Labute approximate surface area is 55.1 Å². The van der Waals surface area contributed by atoms with Gasteiger partial charge in [-0.25, -0.2) is 4.99 Å². The van der Waals surface area contributed by atoms with Gasteiger partial charge in [-0.2, -0.15) is 0 Å². The zero-order valence-electron chi connectivity index (χ0n) is 4.98. The van der Waals surface area contributed by atoms with Crippen LogP contribution in [0.1, 0.15) is 13.3 Å². The molecular weight excluding hydrogens is 118 g/mol. The molecule has 0 radical (unpaired) electrons. The monoisotopic (exact) mass is 127 g/mol. The molecule has 0 aromatic heterocycles. The van der Waals surface area contributed by atoms with Crippen molar-refractivity contribution in [1.82, 2.24) is 0 Å². The lowest BCUT2D eigenvalue weighted by Crippen LogP contribution is -1.81. The van der Waals surface area contributed by atoms with E-state index in [9.17, 15) is 0 Å². The summed E-state index contributed by atoms with van der Waals surface area (Å²) in [4.78, 5) is 3.71. The third kappa shape index (κ3) is 3.72. The molecule has 0 aromatic rings. The number of nitrogens with zero attached hydrogens (tertiary/aromatic N) is 1. The Balaban J connectivity index is 3.39. The van der Waals surface area contributed by atoms with E-state index in [1.165, 1.54) is 0 Å². The summed E-state index contributed by atoms with van der Waals surface area (Å²) in [5.41, 5.74) is 1.10. The Kier molecular flexibility index (Phi) is 4.42. The van der Waals surface area contributed by atoms with Crippen LogP contribution in [0.25, 0.3) is 0 Å². The Morgan fingerprint density at radius 1 is 1.88 bits per heavy atom. The van der Waals surface area contributed by atoms with Crippen molar-refractivity contribution in [2.45, 2.75) is 13.3 Å². The number of aliphatic imine (C=N–C) groups is 1. The molecular formula is C6H9NS. The lowest BCUT2D eigenvalue weighted by Gasteiger charge is -1.90. The second-order valence-corrected chi connectivity index (χ2v) is 1.69. The molecule has 0 unspecified atom stereocenters. The quantitative estimate of drug-likeness (QED) is 0.321. The van der Waals surface area contributed by atoms with Gasteiger partial charge >= 0.3 is 0 Å². The molecule has 0 rings (SSSR count). The second kappa shape index (κ2) is 4.69. The van der Waals surface area contributed by atoms with E-state index in [0.29, 0.717) is 6.54 Å². The van der Waals surface area contributed by atoms with Gasteiger partial charge in [0.25, 0.3) is 0 Å². The van der Waals surface area contributed by atoms with Gasteiger partial charge in [0.2, 0.25) is 0 Å². The molecule has 0 aliphatic rings. The van der Waals surface area contributed by atoms with E-state index in [2.05, 4.69) is 29.0 Å². The molecule has 0 saturated heterocycles. The van der Waals surface area contributed by atoms with Gasteiger partial charge in [0.15, 0.2) is 0 Å². The third-order valence-corrected chi connectivity index (χ3v) is 0.996. The van der Waals surface area contributed by atoms with Gasteiger partial charge in [0, 0.05) is 0 Å². The fourth-order valence-corrected chi connectivity index (χ4v) is 0.320. The fourth-order valence-electron chi connectivity index (χ4n) is 0.256. The highest BCUT2D eigenvalue weighted by Gasteiger charge is 1.82. The van der Waals surface area contributed by atoms with Crippen LogP contribution < -0.4 is 0 Å². The van der Waals surface area contributed by atoms with E-state index >= 15 is 0 Å². The molecule has 0 saturated carbocycles. The van der Waals surface area contributed by atoms with Crippen molar-refractivity contribution in [3.05, 3.63) is 12.2 Å². The van der Waals surface area contributed by atoms with Gasteiger partial charge in [-0.1, -0.05) is 19.1 Å². The summed E-state index contributed by atoms with van der Waals surface area (Å²) in [6.07, 6.45) is 0.973. The van der Waals surface area contributed by atoms with Crippen LogP contribution >= 0.6 is 12.2 Å². The van der Waals surface area contributed by atoms with E-state index in [0.717, 1.165) is 12.0 Å². The zero-order valence-corrected chi connectivity index (χ0v) is 5.79. The summed E-state index contributed by atoms with van der Waals surface area (Å²) >= 11 is 4.36. The third-order valence-electron chi connectivity index (χ3n) is 0.867. The molecule has 0 aromatic carbocycles. The van der Waals surface area contributed by atoms with Gasteiger partial charge < -0.3 is 0 Å². The van der Waals surface area contributed by atoms with Gasteiger partial charge in [-0.3, -0.25) is 0 Å². The van der Waals surface area contributed by atoms with Crippen LogP contribution in [-0.2, 0) is 0 Å². The molecule has 0 N–H and O–H groups in total. The van der Waals surface area contributed by atoms with Crippen molar-refractivity contribution in [3.8, 4) is 0 Å². The van der Waals surface area contributed by atoms with E-state index in [1.807, 2.05) is 6.92 Å². The Morgan fingerprint density at radius 2 is 2.50 bits per heavy atom. The largest absolute Gasteiger partial charge is 0.228 e. The summed E-state index contributed by atoms with van der Waals surface area (Å²) in [6, 6.07) is 0. The van der Waals surface area contributed by atoms with Crippen LogP contribution in [0.15, 0.2) is 17.1 Å². The minimum atomic E-state index is 0.639. The normalized spacial score (nSPS) is 7.62. The minimum absolute atomic E-state index is 0.639. The van der Waals surface area contributed by atoms with Crippen LogP contribution in [0.4, 0.5) is 0 Å². The summed E-state index contributed by atoms with van der Waals surface area (Å²) in [7, 11) is 0. The Morgan fingerprint density at radius 3 is 2.88 bits per heavy atom. The molecule has 44 valence electrons. The highest BCUT2D eigenvalue weighted by molar-refractivity contribution is 7.78. The molecule has 1 nitrogen and oxygen atoms in total.